The number of hydrogen-bond donors (Lipinski definition) is 2. The van der Waals surface area contributed by atoms with E-state index in [0.29, 0.717) is 0 Å². The molecule has 0 unspecified atom stereocenters. The smallest absolute Gasteiger partial charge is 0.0700 e. The van der Waals surface area contributed by atoms with Crippen LogP contribution in [0.3, 0.4) is 0 Å². The van der Waals surface area contributed by atoms with Crippen LogP contribution in [0.25, 0.3) is 0 Å². The Hall–Kier alpha value is -1.19. The highest BCUT2D eigenvalue weighted by Crippen LogP contribution is 2.15. The van der Waals surface area contributed by atoms with Crippen LogP contribution in [-0.2, 0) is 6.61 Å². The second-order valence-corrected chi connectivity index (χ2v) is 2.49. The first-order valence-corrected chi connectivity index (χ1v) is 3.71. The molecule has 1 aromatic heterocycles. The topological polar surface area (TPSA) is 59.1 Å². The molecule has 3 nitrogen and oxygen atoms in total. The minimum absolute atomic E-state index is 0.0370. The van der Waals surface area contributed by atoms with E-state index in [-0.39, 0.29) is 12.6 Å². The zero-order valence-electron chi connectivity index (χ0n) is 6.77. The fourth-order valence-electron chi connectivity index (χ4n) is 1.02. The molecule has 0 aromatic carbocycles. The van der Waals surface area contributed by atoms with E-state index < -0.39 is 0 Å². The number of nitrogens with two attached hydrogens (primary N) is 1. The van der Waals surface area contributed by atoms with Crippen LogP contribution in [0.2, 0.25) is 0 Å². The number of hydrogen-bond acceptors (Lipinski definition) is 3. The summed E-state index contributed by atoms with van der Waals surface area (Å²) in [6.45, 7) is 3.55. The van der Waals surface area contributed by atoms with Gasteiger partial charge >= 0.3 is 0 Å². The summed E-state index contributed by atoms with van der Waals surface area (Å²) >= 11 is 0. The average molecular weight is 164 g/mol. The van der Waals surface area contributed by atoms with Gasteiger partial charge in [-0.15, -0.1) is 6.58 Å². The highest BCUT2D eigenvalue weighted by atomic mass is 16.3. The molecule has 1 atom stereocenters. The quantitative estimate of drug-likeness (QED) is 0.648. The molecule has 0 saturated carbocycles. The first-order chi connectivity index (χ1) is 5.79. The van der Waals surface area contributed by atoms with Crippen molar-refractivity contribution in [3.8, 4) is 0 Å². The fraction of sp³-hybridized carbons (Fsp3) is 0.222. The number of aliphatic hydroxyl groups is 1. The van der Waals surface area contributed by atoms with Crippen molar-refractivity contribution in [2.75, 3.05) is 0 Å². The van der Waals surface area contributed by atoms with Crippen LogP contribution in [0.1, 0.15) is 17.2 Å². The molecule has 1 aromatic rings. The molecule has 1 heterocycles. The van der Waals surface area contributed by atoms with E-state index in [1.54, 1.807) is 24.5 Å². The second-order valence-electron chi connectivity index (χ2n) is 2.49. The largest absolute Gasteiger partial charge is 0.392 e. The van der Waals surface area contributed by atoms with E-state index in [0.717, 1.165) is 11.1 Å². The lowest BCUT2D eigenvalue weighted by atomic mass is 10.0. The predicted molar refractivity (Wildman–Crippen MR) is 47.3 cm³/mol. The third-order valence-electron chi connectivity index (χ3n) is 1.72. The lowest BCUT2D eigenvalue weighted by Crippen LogP contribution is -2.09. The molecule has 0 radical (unpaired) electrons. The molecule has 3 heteroatoms. The van der Waals surface area contributed by atoms with Crippen molar-refractivity contribution < 1.29 is 5.11 Å². The SMILES string of the molecule is C=C[C@@H](N)c1ccncc1CO. The van der Waals surface area contributed by atoms with Crippen LogP contribution < -0.4 is 5.73 Å². The molecular weight excluding hydrogens is 152 g/mol. The van der Waals surface area contributed by atoms with Gasteiger partial charge in [-0.2, -0.15) is 0 Å². The third-order valence-corrected chi connectivity index (χ3v) is 1.72. The Kier molecular flexibility index (Phi) is 2.96. The fourth-order valence-corrected chi connectivity index (χ4v) is 1.02. The molecule has 12 heavy (non-hydrogen) atoms. The van der Waals surface area contributed by atoms with Crippen molar-refractivity contribution in [3.05, 3.63) is 42.2 Å². The number of rotatable bonds is 3. The van der Waals surface area contributed by atoms with Crippen LogP contribution in [0, 0.1) is 0 Å². The van der Waals surface area contributed by atoms with Gasteiger partial charge in [0.05, 0.1) is 6.61 Å². The Balaban J connectivity index is 3.04. The van der Waals surface area contributed by atoms with Crippen LogP contribution in [-0.4, -0.2) is 10.1 Å². The van der Waals surface area contributed by atoms with E-state index >= 15 is 0 Å². The van der Waals surface area contributed by atoms with Gasteiger partial charge in [-0.3, -0.25) is 4.98 Å². The van der Waals surface area contributed by atoms with E-state index in [4.69, 9.17) is 10.8 Å². The lowest BCUT2D eigenvalue weighted by molar-refractivity contribution is 0.280. The molecule has 0 saturated heterocycles. The van der Waals surface area contributed by atoms with E-state index in [9.17, 15) is 0 Å². The van der Waals surface area contributed by atoms with Gasteiger partial charge in [0.1, 0.15) is 0 Å². The second kappa shape index (κ2) is 3.99. The Morgan fingerprint density at radius 3 is 3.08 bits per heavy atom. The zero-order chi connectivity index (χ0) is 8.97. The molecule has 0 aliphatic heterocycles. The molecule has 64 valence electrons. The first-order valence-electron chi connectivity index (χ1n) is 3.71. The zero-order valence-corrected chi connectivity index (χ0v) is 6.77. The maximum atomic E-state index is 8.93. The van der Waals surface area contributed by atoms with Gasteiger partial charge in [-0.25, -0.2) is 0 Å². The summed E-state index contributed by atoms with van der Waals surface area (Å²) in [6, 6.07) is 1.56. The summed E-state index contributed by atoms with van der Waals surface area (Å²) in [7, 11) is 0. The highest BCUT2D eigenvalue weighted by molar-refractivity contribution is 5.28. The Labute approximate surface area is 71.6 Å². The van der Waals surface area contributed by atoms with E-state index in [2.05, 4.69) is 11.6 Å². The minimum atomic E-state index is -0.227. The summed E-state index contributed by atoms with van der Waals surface area (Å²) in [5.41, 5.74) is 7.35. The summed E-state index contributed by atoms with van der Waals surface area (Å²) in [4.78, 5) is 3.88. The van der Waals surface area contributed by atoms with Crippen LogP contribution >= 0.6 is 0 Å². The molecular formula is C9H12N2O. The van der Waals surface area contributed by atoms with Gasteiger partial charge in [0.25, 0.3) is 0 Å². The molecule has 3 N–H and O–H groups in total. The summed E-state index contributed by atoms with van der Waals surface area (Å²) in [6.07, 6.45) is 4.89. The number of aromatic nitrogens is 1. The molecule has 0 aliphatic rings. The normalized spacial score (nSPS) is 12.5. The van der Waals surface area contributed by atoms with Crippen LogP contribution in [0.5, 0.6) is 0 Å². The van der Waals surface area contributed by atoms with Crippen molar-refractivity contribution in [1.82, 2.24) is 4.98 Å². The van der Waals surface area contributed by atoms with Gasteiger partial charge in [0, 0.05) is 24.0 Å². The van der Waals surface area contributed by atoms with Crippen molar-refractivity contribution in [1.29, 1.82) is 0 Å². The Morgan fingerprint density at radius 1 is 1.75 bits per heavy atom. The number of pyridine rings is 1. The maximum Gasteiger partial charge on any atom is 0.0700 e. The van der Waals surface area contributed by atoms with E-state index in [1.165, 1.54) is 0 Å². The standard InChI is InChI=1S/C9H12N2O/c1-2-9(10)8-3-4-11-5-7(8)6-12/h2-5,9,12H,1,6,10H2/t9-/m1/s1. The molecule has 0 bridgehead atoms. The first kappa shape index (κ1) is 8.90. The van der Waals surface area contributed by atoms with Gasteiger partial charge in [-0.05, 0) is 11.6 Å². The van der Waals surface area contributed by atoms with Gasteiger partial charge in [0.2, 0.25) is 0 Å². The monoisotopic (exact) mass is 164 g/mol. The summed E-state index contributed by atoms with van der Waals surface area (Å²) < 4.78 is 0. The van der Waals surface area contributed by atoms with Gasteiger partial charge in [-0.1, -0.05) is 6.08 Å². The third kappa shape index (κ3) is 1.69. The van der Waals surface area contributed by atoms with Crippen molar-refractivity contribution in [3.63, 3.8) is 0 Å². The molecule has 0 amide bonds. The lowest BCUT2D eigenvalue weighted by Gasteiger charge is -2.09. The van der Waals surface area contributed by atoms with Crippen molar-refractivity contribution in [2.24, 2.45) is 5.73 Å². The van der Waals surface area contributed by atoms with E-state index in [1.807, 2.05) is 0 Å². The predicted octanol–water partition coefficient (Wildman–Crippen LogP) is 0.760. The Bertz CT molecular complexity index is 273. The number of aliphatic hydroxyl groups excluding tert-OH is 1. The van der Waals surface area contributed by atoms with Crippen LogP contribution in [0.15, 0.2) is 31.1 Å². The highest BCUT2D eigenvalue weighted by Gasteiger charge is 2.05. The molecule has 0 fully saturated rings. The summed E-state index contributed by atoms with van der Waals surface area (Å²) in [5, 5.41) is 8.93. The van der Waals surface area contributed by atoms with Crippen molar-refractivity contribution in [2.45, 2.75) is 12.6 Å². The molecule has 1 rings (SSSR count). The van der Waals surface area contributed by atoms with Gasteiger partial charge < -0.3 is 10.8 Å². The summed E-state index contributed by atoms with van der Waals surface area (Å²) in [5.74, 6) is 0. The molecule has 0 spiro atoms. The average Bonchev–Trinajstić information content (AvgIpc) is 2.16. The minimum Gasteiger partial charge on any atom is -0.392 e. The van der Waals surface area contributed by atoms with Gasteiger partial charge in [0.15, 0.2) is 0 Å². The van der Waals surface area contributed by atoms with Crippen LogP contribution in [0.4, 0.5) is 0 Å². The number of nitrogens with zero attached hydrogens (tertiary/aromatic N) is 1. The molecule has 0 aliphatic carbocycles. The Morgan fingerprint density at radius 2 is 2.50 bits per heavy atom. The van der Waals surface area contributed by atoms with Crippen molar-refractivity contribution >= 4 is 0 Å². The maximum absolute atomic E-state index is 8.93.